The Morgan fingerprint density at radius 3 is 2.95 bits per heavy atom. The maximum atomic E-state index is 12.0. The second-order valence-electron chi connectivity index (χ2n) is 5.54. The molecule has 1 unspecified atom stereocenters. The highest BCUT2D eigenvalue weighted by molar-refractivity contribution is 5.76. The van der Waals surface area contributed by atoms with Crippen molar-refractivity contribution in [1.82, 2.24) is 10.6 Å². The van der Waals surface area contributed by atoms with Crippen LogP contribution in [0.1, 0.15) is 43.4 Å². The Morgan fingerprint density at radius 2 is 2.26 bits per heavy atom. The minimum Gasteiger partial charge on any atom is -0.350 e. The first-order valence-electron chi connectivity index (χ1n) is 7.22. The SMILES string of the molecule is Cc1ccccc1[C@H](C)NC(=O)CCC1CCNC1. The molecule has 1 aliphatic rings. The molecule has 1 fully saturated rings. The Balaban J connectivity index is 1.79. The van der Waals surface area contributed by atoms with E-state index in [-0.39, 0.29) is 11.9 Å². The molecule has 2 rings (SSSR count). The van der Waals surface area contributed by atoms with E-state index in [2.05, 4.69) is 36.6 Å². The van der Waals surface area contributed by atoms with Crippen LogP contribution < -0.4 is 10.6 Å². The molecule has 3 nitrogen and oxygen atoms in total. The molecule has 19 heavy (non-hydrogen) atoms. The fourth-order valence-electron chi connectivity index (χ4n) is 2.76. The number of amides is 1. The summed E-state index contributed by atoms with van der Waals surface area (Å²) in [6.45, 7) is 6.31. The van der Waals surface area contributed by atoms with Crippen LogP contribution in [0.25, 0.3) is 0 Å². The average molecular weight is 260 g/mol. The van der Waals surface area contributed by atoms with Gasteiger partial charge in [-0.15, -0.1) is 0 Å². The zero-order valence-electron chi connectivity index (χ0n) is 11.9. The Bertz CT molecular complexity index is 425. The highest BCUT2D eigenvalue weighted by Crippen LogP contribution is 2.18. The summed E-state index contributed by atoms with van der Waals surface area (Å²) >= 11 is 0. The topological polar surface area (TPSA) is 41.1 Å². The Kier molecular flexibility index (Phi) is 4.97. The Labute approximate surface area is 115 Å². The third kappa shape index (κ3) is 4.06. The number of hydrogen-bond acceptors (Lipinski definition) is 2. The van der Waals surface area contributed by atoms with Crippen molar-refractivity contribution in [1.29, 1.82) is 0 Å². The van der Waals surface area contributed by atoms with Crippen LogP contribution in [0.15, 0.2) is 24.3 Å². The van der Waals surface area contributed by atoms with Gasteiger partial charge >= 0.3 is 0 Å². The molecule has 0 bridgehead atoms. The quantitative estimate of drug-likeness (QED) is 0.854. The summed E-state index contributed by atoms with van der Waals surface area (Å²) in [6.07, 6.45) is 2.85. The van der Waals surface area contributed by atoms with E-state index in [1.807, 2.05) is 12.1 Å². The number of carbonyl (C=O) groups is 1. The summed E-state index contributed by atoms with van der Waals surface area (Å²) in [4.78, 5) is 12.0. The van der Waals surface area contributed by atoms with E-state index in [9.17, 15) is 4.79 Å². The van der Waals surface area contributed by atoms with Crippen LogP contribution in [-0.4, -0.2) is 19.0 Å². The monoisotopic (exact) mass is 260 g/mol. The van der Waals surface area contributed by atoms with Crippen LogP contribution in [0.4, 0.5) is 0 Å². The van der Waals surface area contributed by atoms with E-state index in [1.165, 1.54) is 17.5 Å². The van der Waals surface area contributed by atoms with E-state index in [1.54, 1.807) is 0 Å². The molecule has 0 aromatic heterocycles. The van der Waals surface area contributed by atoms with Gasteiger partial charge in [-0.25, -0.2) is 0 Å². The molecule has 1 amide bonds. The van der Waals surface area contributed by atoms with Gasteiger partial charge < -0.3 is 10.6 Å². The predicted molar refractivity (Wildman–Crippen MR) is 77.9 cm³/mol. The van der Waals surface area contributed by atoms with E-state index < -0.39 is 0 Å². The standard InChI is InChI=1S/C16H24N2O/c1-12-5-3-4-6-15(12)13(2)18-16(19)8-7-14-9-10-17-11-14/h3-6,13-14,17H,7-11H2,1-2H3,(H,18,19)/t13-,14?/m0/s1. The first-order chi connectivity index (χ1) is 9.16. The summed E-state index contributed by atoms with van der Waals surface area (Å²) < 4.78 is 0. The average Bonchev–Trinajstić information content (AvgIpc) is 2.90. The van der Waals surface area contributed by atoms with Crippen molar-refractivity contribution in [2.45, 2.75) is 39.2 Å². The van der Waals surface area contributed by atoms with Crippen LogP contribution >= 0.6 is 0 Å². The number of carbonyl (C=O) groups excluding carboxylic acids is 1. The van der Waals surface area contributed by atoms with Gasteiger partial charge in [0.15, 0.2) is 0 Å². The number of aryl methyl sites for hydroxylation is 1. The van der Waals surface area contributed by atoms with Gasteiger partial charge in [-0.05, 0) is 56.8 Å². The van der Waals surface area contributed by atoms with Crippen molar-refractivity contribution in [3.05, 3.63) is 35.4 Å². The molecule has 1 saturated heterocycles. The number of nitrogens with one attached hydrogen (secondary N) is 2. The fourth-order valence-corrected chi connectivity index (χ4v) is 2.76. The zero-order chi connectivity index (χ0) is 13.7. The maximum Gasteiger partial charge on any atom is 0.220 e. The highest BCUT2D eigenvalue weighted by Gasteiger charge is 2.17. The molecule has 3 heteroatoms. The molecular weight excluding hydrogens is 236 g/mol. The van der Waals surface area contributed by atoms with Gasteiger partial charge in [-0.1, -0.05) is 24.3 Å². The summed E-state index contributed by atoms with van der Waals surface area (Å²) in [5, 5.41) is 6.44. The normalized spacial score (nSPS) is 20.2. The summed E-state index contributed by atoms with van der Waals surface area (Å²) in [7, 11) is 0. The van der Waals surface area contributed by atoms with Gasteiger partial charge in [0.1, 0.15) is 0 Å². The van der Waals surface area contributed by atoms with E-state index in [0.717, 1.165) is 19.5 Å². The highest BCUT2D eigenvalue weighted by atomic mass is 16.1. The minimum atomic E-state index is 0.0930. The smallest absolute Gasteiger partial charge is 0.220 e. The van der Waals surface area contributed by atoms with Crippen molar-refractivity contribution in [2.75, 3.05) is 13.1 Å². The second-order valence-corrected chi connectivity index (χ2v) is 5.54. The van der Waals surface area contributed by atoms with Crippen LogP contribution in [0.3, 0.4) is 0 Å². The molecule has 104 valence electrons. The molecular formula is C16H24N2O. The van der Waals surface area contributed by atoms with Crippen molar-refractivity contribution in [3.63, 3.8) is 0 Å². The first-order valence-corrected chi connectivity index (χ1v) is 7.22. The molecule has 2 atom stereocenters. The Hall–Kier alpha value is -1.35. The zero-order valence-corrected chi connectivity index (χ0v) is 11.9. The molecule has 2 N–H and O–H groups in total. The van der Waals surface area contributed by atoms with Gasteiger partial charge in [-0.2, -0.15) is 0 Å². The third-order valence-electron chi connectivity index (χ3n) is 3.97. The maximum absolute atomic E-state index is 12.0. The lowest BCUT2D eigenvalue weighted by Crippen LogP contribution is -2.27. The third-order valence-corrected chi connectivity index (χ3v) is 3.97. The van der Waals surface area contributed by atoms with Crippen LogP contribution in [0.2, 0.25) is 0 Å². The first kappa shape index (κ1) is 14.1. The van der Waals surface area contributed by atoms with Crippen LogP contribution in [-0.2, 0) is 4.79 Å². The molecule has 0 spiro atoms. The van der Waals surface area contributed by atoms with E-state index in [0.29, 0.717) is 12.3 Å². The predicted octanol–water partition coefficient (Wildman–Crippen LogP) is 2.56. The molecule has 0 radical (unpaired) electrons. The molecule has 0 aliphatic carbocycles. The van der Waals surface area contributed by atoms with Gasteiger partial charge in [0, 0.05) is 6.42 Å². The lowest BCUT2D eigenvalue weighted by Gasteiger charge is -2.17. The number of benzene rings is 1. The number of hydrogen-bond donors (Lipinski definition) is 2. The largest absolute Gasteiger partial charge is 0.350 e. The molecule has 0 saturated carbocycles. The van der Waals surface area contributed by atoms with Crippen molar-refractivity contribution >= 4 is 5.91 Å². The number of rotatable bonds is 5. The fraction of sp³-hybridized carbons (Fsp3) is 0.562. The molecule has 1 aromatic carbocycles. The van der Waals surface area contributed by atoms with Crippen LogP contribution in [0, 0.1) is 12.8 Å². The Morgan fingerprint density at radius 1 is 1.47 bits per heavy atom. The minimum absolute atomic E-state index is 0.0930. The summed E-state index contributed by atoms with van der Waals surface area (Å²) in [6, 6.07) is 8.31. The van der Waals surface area contributed by atoms with Gasteiger partial charge in [0.05, 0.1) is 6.04 Å². The molecule has 1 heterocycles. The van der Waals surface area contributed by atoms with Crippen molar-refractivity contribution < 1.29 is 4.79 Å². The lowest BCUT2D eigenvalue weighted by molar-refractivity contribution is -0.122. The van der Waals surface area contributed by atoms with E-state index in [4.69, 9.17) is 0 Å². The van der Waals surface area contributed by atoms with Gasteiger partial charge in [0.25, 0.3) is 0 Å². The van der Waals surface area contributed by atoms with Gasteiger partial charge in [-0.3, -0.25) is 4.79 Å². The van der Waals surface area contributed by atoms with Crippen molar-refractivity contribution in [3.8, 4) is 0 Å². The molecule has 1 aromatic rings. The van der Waals surface area contributed by atoms with E-state index >= 15 is 0 Å². The summed E-state index contributed by atoms with van der Waals surface area (Å²) in [5.41, 5.74) is 2.44. The molecule has 1 aliphatic heterocycles. The lowest BCUT2D eigenvalue weighted by atomic mass is 10.0. The second kappa shape index (κ2) is 6.71. The van der Waals surface area contributed by atoms with Crippen LogP contribution in [0.5, 0.6) is 0 Å². The van der Waals surface area contributed by atoms with Gasteiger partial charge in [0.2, 0.25) is 5.91 Å². The summed E-state index contributed by atoms with van der Waals surface area (Å²) in [5.74, 6) is 0.849. The van der Waals surface area contributed by atoms with Crippen molar-refractivity contribution in [2.24, 2.45) is 5.92 Å².